The smallest absolute Gasteiger partial charge is 0.310 e. The zero-order valence-corrected chi connectivity index (χ0v) is 19.0. The van der Waals surface area contributed by atoms with Crippen molar-refractivity contribution in [2.45, 2.75) is 31.6 Å². The first-order valence-corrected chi connectivity index (χ1v) is 12.0. The fourth-order valence-corrected chi connectivity index (χ4v) is 6.04. The molecule has 1 fully saturated rings. The Morgan fingerprint density at radius 2 is 2.12 bits per heavy atom. The Morgan fingerprint density at radius 3 is 2.88 bits per heavy atom. The second-order valence-electron chi connectivity index (χ2n) is 7.45. The van der Waals surface area contributed by atoms with Crippen LogP contribution in [0.5, 0.6) is 0 Å². The molecule has 3 heterocycles. The van der Waals surface area contributed by atoms with Crippen molar-refractivity contribution in [3.63, 3.8) is 0 Å². The molecule has 0 spiro atoms. The maximum absolute atomic E-state index is 13.0. The molecular weight excluding hydrogens is 458 g/mol. The number of piperidine rings is 1. The largest absolute Gasteiger partial charge is 0.455 e. The van der Waals surface area contributed by atoms with E-state index in [0.29, 0.717) is 29.6 Å². The van der Waals surface area contributed by atoms with Gasteiger partial charge in [0.1, 0.15) is 21.6 Å². The summed E-state index contributed by atoms with van der Waals surface area (Å²) in [5.74, 6) is -1.60. The SMILES string of the molecule is Cc1noc(C)c1S(=O)(=O)N1CCCC(C(=O)OCC(=O)Nc2cccc3nsnc23)C1. The van der Waals surface area contributed by atoms with Crippen LogP contribution in [0.4, 0.5) is 5.69 Å². The molecule has 1 N–H and O–H groups in total. The van der Waals surface area contributed by atoms with Crippen LogP contribution in [0.25, 0.3) is 11.0 Å². The number of sulfonamides is 1. The third-order valence-corrected chi connectivity index (χ3v) is 7.84. The lowest BCUT2D eigenvalue weighted by Crippen LogP contribution is -2.43. The van der Waals surface area contributed by atoms with Crippen LogP contribution in [0.15, 0.2) is 27.6 Å². The van der Waals surface area contributed by atoms with Gasteiger partial charge in [-0.2, -0.15) is 13.1 Å². The van der Waals surface area contributed by atoms with Crippen molar-refractivity contribution in [2.75, 3.05) is 25.0 Å². The van der Waals surface area contributed by atoms with Gasteiger partial charge in [0.05, 0.1) is 23.3 Å². The summed E-state index contributed by atoms with van der Waals surface area (Å²) in [5, 5.41) is 6.36. The number of nitrogens with one attached hydrogen (secondary N) is 1. The number of esters is 1. The minimum Gasteiger partial charge on any atom is -0.455 e. The number of rotatable bonds is 6. The summed E-state index contributed by atoms with van der Waals surface area (Å²) < 4.78 is 45.7. The van der Waals surface area contributed by atoms with E-state index in [4.69, 9.17) is 9.26 Å². The fraction of sp³-hybridized carbons (Fsp3) is 0.421. The van der Waals surface area contributed by atoms with Crippen molar-refractivity contribution in [1.29, 1.82) is 0 Å². The summed E-state index contributed by atoms with van der Waals surface area (Å²) in [6.07, 6.45) is 0.964. The van der Waals surface area contributed by atoms with Gasteiger partial charge in [-0.15, -0.1) is 0 Å². The van der Waals surface area contributed by atoms with E-state index in [9.17, 15) is 18.0 Å². The van der Waals surface area contributed by atoms with Gasteiger partial charge in [0.25, 0.3) is 5.91 Å². The highest BCUT2D eigenvalue weighted by atomic mass is 32.2. The van der Waals surface area contributed by atoms with Gasteiger partial charge < -0.3 is 14.6 Å². The Hall–Kier alpha value is -2.90. The molecule has 4 rings (SSSR count). The van der Waals surface area contributed by atoms with E-state index in [1.807, 2.05) is 0 Å². The highest BCUT2D eigenvalue weighted by Gasteiger charge is 2.37. The fourth-order valence-electron chi connectivity index (χ4n) is 3.67. The third kappa shape index (κ3) is 4.36. The van der Waals surface area contributed by atoms with Crippen LogP contribution in [-0.2, 0) is 24.3 Å². The lowest BCUT2D eigenvalue weighted by molar-refractivity contribution is -0.152. The highest BCUT2D eigenvalue weighted by molar-refractivity contribution is 7.89. The molecule has 1 saturated heterocycles. The van der Waals surface area contributed by atoms with E-state index in [2.05, 4.69) is 19.2 Å². The topological polar surface area (TPSA) is 145 Å². The minimum absolute atomic E-state index is 0.0246. The molecule has 1 unspecified atom stereocenters. The number of carbonyl (C=O) groups excluding carboxylic acids is 2. The van der Waals surface area contributed by atoms with E-state index in [1.165, 1.54) is 11.2 Å². The molecule has 11 nitrogen and oxygen atoms in total. The van der Waals surface area contributed by atoms with Crippen molar-refractivity contribution >= 4 is 50.3 Å². The zero-order valence-electron chi connectivity index (χ0n) is 17.4. The van der Waals surface area contributed by atoms with E-state index in [1.54, 1.807) is 25.1 Å². The first-order valence-electron chi connectivity index (χ1n) is 9.88. The predicted molar refractivity (Wildman–Crippen MR) is 114 cm³/mol. The summed E-state index contributed by atoms with van der Waals surface area (Å²) in [4.78, 5) is 24.8. The van der Waals surface area contributed by atoms with Gasteiger partial charge in [-0.3, -0.25) is 9.59 Å². The summed E-state index contributed by atoms with van der Waals surface area (Å²) in [7, 11) is -3.86. The zero-order chi connectivity index (χ0) is 22.9. The molecule has 0 radical (unpaired) electrons. The number of anilines is 1. The van der Waals surface area contributed by atoms with Gasteiger partial charge in [0.15, 0.2) is 12.4 Å². The van der Waals surface area contributed by atoms with Crippen molar-refractivity contribution in [3.8, 4) is 0 Å². The van der Waals surface area contributed by atoms with Crippen LogP contribution >= 0.6 is 11.7 Å². The molecule has 3 aromatic rings. The Bertz CT molecular complexity index is 1250. The van der Waals surface area contributed by atoms with Crippen molar-refractivity contribution in [3.05, 3.63) is 29.7 Å². The number of hydrogen-bond acceptors (Lipinski definition) is 10. The molecule has 0 bridgehead atoms. The molecule has 0 saturated carbocycles. The first-order chi connectivity index (χ1) is 15.3. The lowest BCUT2D eigenvalue weighted by atomic mass is 10.00. The molecule has 170 valence electrons. The molecule has 1 atom stereocenters. The van der Waals surface area contributed by atoms with E-state index >= 15 is 0 Å². The molecule has 1 aliphatic heterocycles. The molecule has 0 aliphatic carbocycles. The number of ether oxygens (including phenoxy) is 1. The average Bonchev–Trinajstić information content (AvgIpc) is 3.39. The Labute approximate surface area is 188 Å². The second kappa shape index (κ2) is 8.92. The average molecular weight is 480 g/mol. The molecular formula is C19H21N5O6S2. The summed E-state index contributed by atoms with van der Waals surface area (Å²) in [5.41, 5.74) is 1.97. The van der Waals surface area contributed by atoms with Crippen LogP contribution < -0.4 is 5.32 Å². The van der Waals surface area contributed by atoms with E-state index < -0.39 is 34.4 Å². The number of hydrogen-bond donors (Lipinski definition) is 1. The van der Waals surface area contributed by atoms with Gasteiger partial charge in [-0.1, -0.05) is 11.2 Å². The lowest BCUT2D eigenvalue weighted by Gasteiger charge is -2.30. The number of amides is 1. The van der Waals surface area contributed by atoms with Crippen molar-refractivity contribution < 1.29 is 27.3 Å². The number of carbonyl (C=O) groups is 2. The molecule has 1 aliphatic rings. The summed E-state index contributed by atoms with van der Waals surface area (Å²) >= 11 is 1.03. The molecule has 1 amide bonds. The Morgan fingerprint density at radius 1 is 1.31 bits per heavy atom. The standard InChI is InChI=1S/C19H21N5O6S2/c1-11-18(12(2)30-21-11)32(27,28)24-8-4-5-13(9-24)19(26)29-10-16(25)20-14-6-3-7-15-17(14)23-31-22-15/h3,6-7,13H,4-5,8-10H2,1-2H3,(H,20,25). The summed E-state index contributed by atoms with van der Waals surface area (Å²) in [6.45, 7) is 2.85. The second-order valence-corrected chi connectivity index (χ2v) is 9.85. The van der Waals surface area contributed by atoms with Crippen LogP contribution in [0.2, 0.25) is 0 Å². The number of aryl methyl sites for hydroxylation is 2. The van der Waals surface area contributed by atoms with E-state index in [0.717, 1.165) is 11.7 Å². The first kappa shape index (κ1) is 22.3. The Kier molecular flexibility index (Phi) is 6.22. The van der Waals surface area contributed by atoms with E-state index in [-0.39, 0.29) is 29.4 Å². The molecule has 2 aromatic heterocycles. The molecule has 32 heavy (non-hydrogen) atoms. The third-order valence-electron chi connectivity index (χ3n) is 5.19. The van der Waals surface area contributed by atoms with Crippen LogP contribution in [-0.4, -0.2) is 58.2 Å². The van der Waals surface area contributed by atoms with Gasteiger partial charge in [-0.25, -0.2) is 8.42 Å². The number of aromatic nitrogens is 3. The van der Waals surface area contributed by atoms with Crippen LogP contribution in [0.1, 0.15) is 24.3 Å². The van der Waals surface area contributed by atoms with Crippen LogP contribution in [0, 0.1) is 19.8 Å². The van der Waals surface area contributed by atoms with Gasteiger partial charge >= 0.3 is 5.97 Å². The number of nitrogens with zero attached hydrogens (tertiary/aromatic N) is 4. The molecule has 13 heteroatoms. The normalized spacial score (nSPS) is 17.4. The van der Waals surface area contributed by atoms with Crippen molar-refractivity contribution in [2.24, 2.45) is 5.92 Å². The monoisotopic (exact) mass is 479 g/mol. The minimum atomic E-state index is -3.86. The number of fused-ring (bicyclic) bond motifs is 1. The quantitative estimate of drug-likeness (QED) is 0.524. The van der Waals surface area contributed by atoms with Gasteiger partial charge in [0, 0.05) is 13.1 Å². The van der Waals surface area contributed by atoms with Crippen LogP contribution in [0.3, 0.4) is 0 Å². The van der Waals surface area contributed by atoms with Gasteiger partial charge in [0.2, 0.25) is 10.0 Å². The molecule has 1 aromatic carbocycles. The van der Waals surface area contributed by atoms with Crippen molar-refractivity contribution in [1.82, 2.24) is 18.2 Å². The maximum Gasteiger partial charge on any atom is 0.310 e. The Balaban J connectivity index is 1.36. The summed E-state index contributed by atoms with van der Waals surface area (Å²) in [6, 6.07) is 5.20. The predicted octanol–water partition coefficient (Wildman–Crippen LogP) is 1.88. The number of benzene rings is 1. The maximum atomic E-state index is 13.0. The highest BCUT2D eigenvalue weighted by Crippen LogP contribution is 2.28. The van der Waals surface area contributed by atoms with Gasteiger partial charge in [-0.05, 0) is 38.8 Å².